The largest absolute Gasteiger partial charge is 0.297 e. The molecule has 0 radical (unpaired) electrons. The fraction of sp³-hybridized carbons (Fsp3) is 0.0556. The lowest BCUT2D eigenvalue weighted by Crippen LogP contribution is -1.84. The van der Waals surface area contributed by atoms with Crippen molar-refractivity contribution >= 4 is 32.2 Å². The molecule has 0 aliphatic rings. The highest BCUT2D eigenvalue weighted by Gasteiger charge is 2.09. The standard InChI is InChI=1S/C18H12BrFN2S/c19-14-5-1-12(2-6-14)9-16-10-22-11-17(21-18(22)23-16)13-3-7-15(20)8-4-13/h1-8,10-11H,9H2. The van der Waals surface area contributed by atoms with Crippen molar-refractivity contribution in [1.29, 1.82) is 0 Å². The quantitative estimate of drug-likeness (QED) is 0.450. The average molecular weight is 387 g/mol. The maximum absolute atomic E-state index is 13.0. The first-order valence-electron chi connectivity index (χ1n) is 7.15. The first kappa shape index (κ1) is 14.6. The van der Waals surface area contributed by atoms with Crippen molar-refractivity contribution < 1.29 is 4.39 Å². The molecule has 0 atom stereocenters. The predicted molar refractivity (Wildman–Crippen MR) is 95.4 cm³/mol. The molecule has 114 valence electrons. The minimum atomic E-state index is -0.230. The van der Waals surface area contributed by atoms with Crippen LogP contribution < -0.4 is 0 Å². The molecule has 4 rings (SSSR count). The molecule has 0 saturated heterocycles. The molecule has 2 nitrogen and oxygen atoms in total. The molecule has 0 aliphatic heterocycles. The van der Waals surface area contributed by atoms with Gasteiger partial charge in [0.15, 0.2) is 4.96 Å². The lowest BCUT2D eigenvalue weighted by molar-refractivity contribution is 0.628. The van der Waals surface area contributed by atoms with Gasteiger partial charge in [-0.3, -0.25) is 4.40 Å². The Morgan fingerprint density at radius 2 is 1.74 bits per heavy atom. The molecule has 2 heterocycles. The summed E-state index contributed by atoms with van der Waals surface area (Å²) in [6, 6.07) is 14.8. The third kappa shape index (κ3) is 3.07. The molecule has 0 saturated carbocycles. The van der Waals surface area contributed by atoms with Crippen LogP contribution >= 0.6 is 27.3 Å². The number of rotatable bonds is 3. The molecule has 23 heavy (non-hydrogen) atoms. The summed E-state index contributed by atoms with van der Waals surface area (Å²) in [5.41, 5.74) is 3.07. The highest BCUT2D eigenvalue weighted by molar-refractivity contribution is 9.10. The molecular formula is C18H12BrFN2S. The molecule has 2 aromatic carbocycles. The maximum Gasteiger partial charge on any atom is 0.194 e. The number of imidazole rings is 1. The molecule has 0 bridgehead atoms. The Hall–Kier alpha value is -1.98. The summed E-state index contributed by atoms with van der Waals surface area (Å²) in [6.45, 7) is 0. The number of halogens is 2. The predicted octanol–water partition coefficient (Wildman–Crippen LogP) is 5.56. The number of hydrogen-bond donors (Lipinski definition) is 0. The van der Waals surface area contributed by atoms with Gasteiger partial charge in [0, 0.05) is 33.7 Å². The van der Waals surface area contributed by atoms with Gasteiger partial charge in [-0.05, 0) is 42.0 Å². The first-order valence-corrected chi connectivity index (χ1v) is 8.76. The van der Waals surface area contributed by atoms with Crippen LogP contribution in [0.2, 0.25) is 0 Å². The van der Waals surface area contributed by atoms with Crippen LogP contribution in [0.15, 0.2) is 65.4 Å². The Balaban J connectivity index is 1.61. The Kier molecular flexibility index (Phi) is 3.75. The van der Waals surface area contributed by atoms with Crippen LogP contribution in [-0.2, 0) is 6.42 Å². The van der Waals surface area contributed by atoms with E-state index in [0.717, 1.165) is 27.1 Å². The van der Waals surface area contributed by atoms with Crippen LogP contribution in [-0.4, -0.2) is 9.38 Å². The average Bonchev–Trinajstić information content (AvgIpc) is 3.09. The molecule has 0 spiro atoms. The van der Waals surface area contributed by atoms with Crippen LogP contribution in [0.3, 0.4) is 0 Å². The topological polar surface area (TPSA) is 17.3 Å². The van der Waals surface area contributed by atoms with E-state index in [4.69, 9.17) is 0 Å². The first-order chi connectivity index (χ1) is 11.2. The van der Waals surface area contributed by atoms with Gasteiger partial charge >= 0.3 is 0 Å². The molecule has 0 N–H and O–H groups in total. The fourth-order valence-corrected chi connectivity index (χ4v) is 3.75. The lowest BCUT2D eigenvalue weighted by atomic mass is 10.1. The third-order valence-electron chi connectivity index (χ3n) is 3.64. The van der Waals surface area contributed by atoms with Crippen molar-refractivity contribution in [2.24, 2.45) is 0 Å². The van der Waals surface area contributed by atoms with E-state index in [0.29, 0.717) is 0 Å². The maximum atomic E-state index is 13.0. The fourth-order valence-electron chi connectivity index (χ4n) is 2.49. The van der Waals surface area contributed by atoms with Crippen molar-refractivity contribution in [2.75, 3.05) is 0 Å². The van der Waals surface area contributed by atoms with Gasteiger partial charge in [0.05, 0.1) is 5.69 Å². The summed E-state index contributed by atoms with van der Waals surface area (Å²) >= 11 is 5.13. The number of thiazole rings is 1. The SMILES string of the molecule is Fc1ccc(-c2cn3cc(Cc4ccc(Br)cc4)sc3n2)cc1. The Labute approximate surface area is 145 Å². The smallest absolute Gasteiger partial charge is 0.194 e. The Morgan fingerprint density at radius 1 is 1.00 bits per heavy atom. The van der Waals surface area contributed by atoms with Crippen LogP contribution in [0.25, 0.3) is 16.2 Å². The van der Waals surface area contributed by atoms with Gasteiger partial charge < -0.3 is 0 Å². The van der Waals surface area contributed by atoms with E-state index in [9.17, 15) is 4.39 Å². The van der Waals surface area contributed by atoms with Crippen molar-refractivity contribution in [1.82, 2.24) is 9.38 Å². The van der Waals surface area contributed by atoms with Crippen LogP contribution in [0.1, 0.15) is 10.4 Å². The number of benzene rings is 2. The van der Waals surface area contributed by atoms with Crippen molar-refractivity contribution in [3.63, 3.8) is 0 Å². The van der Waals surface area contributed by atoms with Crippen LogP contribution in [0.5, 0.6) is 0 Å². The Bertz CT molecular complexity index is 924. The molecule has 5 heteroatoms. The van der Waals surface area contributed by atoms with Gasteiger partial charge in [-0.2, -0.15) is 0 Å². The van der Waals surface area contributed by atoms with Gasteiger partial charge in [0.1, 0.15) is 5.82 Å². The second-order valence-corrected chi connectivity index (χ2v) is 7.33. The Morgan fingerprint density at radius 3 is 2.43 bits per heavy atom. The number of aromatic nitrogens is 2. The van der Waals surface area contributed by atoms with Gasteiger partial charge in [-0.25, -0.2) is 9.37 Å². The van der Waals surface area contributed by atoms with E-state index in [1.807, 2.05) is 10.6 Å². The van der Waals surface area contributed by atoms with Crippen LogP contribution in [0.4, 0.5) is 4.39 Å². The van der Waals surface area contributed by atoms with E-state index in [-0.39, 0.29) is 5.82 Å². The zero-order valence-corrected chi connectivity index (χ0v) is 14.4. The minimum absolute atomic E-state index is 0.230. The third-order valence-corrected chi connectivity index (χ3v) is 5.16. The molecule has 4 aromatic rings. The summed E-state index contributed by atoms with van der Waals surface area (Å²) in [4.78, 5) is 6.86. The normalized spacial score (nSPS) is 11.2. The summed E-state index contributed by atoms with van der Waals surface area (Å²) in [6.07, 6.45) is 5.00. The summed E-state index contributed by atoms with van der Waals surface area (Å²) in [7, 11) is 0. The van der Waals surface area contributed by atoms with E-state index in [1.165, 1.54) is 22.6 Å². The monoisotopic (exact) mass is 386 g/mol. The zero-order valence-electron chi connectivity index (χ0n) is 12.0. The van der Waals surface area contributed by atoms with E-state index in [2.05, 4.69) is 51.4 Å². The number of nitrogens with zero attached hydrogens (tertiary/aromatic N) is 2. The van der Waals surface area contributed by atoms with Crippen molar-refractivity contribution in [3.05, 3.63) is 81.7 Å². The molecular weight excluding hydrogens is 375 g/mol. The molecule has 0 aliphatic carbocycles. The second-order valence-electron chi connectivity index (χ2n) is 5.32. The van der Waals surface area contributed by atoms with Gasteiger partial charge in [0.2, 0.25) is 0 Å². The van der Waals surface area contributed by atoms with Gasteiger partial charge in [0.25, 0.3) is 0 Å². The molecule has 0 unspecified atom stereocenters. The number of hydrogen-bond acceptors (Lipinski definition) is 2. The summed E-state index contributed by atoms with van der Waals surface area (Å²) in [5.74, 6) is -0.230. The molecule has 2 aromatic heterocycles. The van der Waals surface area contributed by atoms with E-state index < -0.39 is 0 Å². The summed E-state index contributed by atoms with van der Waals surface area (Å²) < 4.78 is 16.1. The second kappa shape index (κ2) is 5.91. The lowest BCUT2D eigenvalue weighted by Gasteiger charge is -1.98. The zero-order chi connectivity index (χ0) is 15.8. The van der Waals surface area contributed by atoms with Crippen LogP contribution in [0, 0.1) is 5.82 Å². The van der Waals surface area contributed by atoms with Crippen molar-refractivity contribution in [3.8, 4) is 11.3 Å². The highest BCUT2D eigenvalue weighted by atomic mass is 79.9. The van der Waals surface area contributed by atoms with Gasteiger partial charge in [-0.1, -0.05) is 28.1 Å². The summed E-state index contributed by atoms with van der Waals surface area (Å²) in [5, 5.41) is 0. The molecule has 0 fully saturated rings. The highest BCUT2D eigenvalue weighted by Crippen LogP contribution is 2.26. The van der Waals surface area contributed by atoms with E-state index >= 15 is 0 Å². The number of fused-ring (bicyclic) bond motifs is 1. The van der Waals surface area contributed by atoms with E-state index in [1.54, 1.807) is 23.5 Å². The minimum Gasteiger partial charge on any atom is -0.297 e. The van der Waals surface area contributed by atoms with Gasteiger partial charge in [-0.15, -0.1) is 11.3 Å². The van der Waals surface area contributed by atoms with Crippen molar-refractivity contribution in [2.45, 2.75) is 6.42 Å². The molecule has 0 amide bonds.